The highest BCUT2D eigenvalue weighted by atomic mass is 16.3. The van der Waals surface area contributed by atoms with Crippen LogP contribution in [0, 0.1) is 12.3 Å². The maximum atomic E-state index is 11.8. The van der Waals surface area contributed by atoms with E-state index in [4.69, 9.17) is 4.42 Å². The molecule has 2 nitrogen and oxygen atoms in total. The van der Waals surface area contributed by atoms with E-state index in [9.17, 15) is 4.79 Å². The van der Waals surface area contributed by atoms with Gasteiger partial charge in [0.2, 0.25) is 0 Å². The van der Waals surface area contributed by atoms with Gasteiger partial charge in [-0.3, -0.25) is 4.79 Å². The largest absolute Gasteiger partial charge is 0.456 e. The predicted molar refractivity (Wildman–Crippen MR) is 77.0 cm³/mol. The lowest BCUT2D eigenvalue weighted by Gasteiger charge is -2.27. The molecule has 0 radical (unpaired) electrons. The van der Waals surface area contributed by atoms with Crippen LogP contribution in [0.2, 0.25) is 0 Å². The third-order valence-corrected chi connectivity index (χ3v) is 3.65. The molecule has 1 aromatic carbocycles. The van der Waals surface area contributed by atoms with Crippen LogP contribution in [0.4, 0.5) is 0 Å². The second kappa shape index (κ2) is 4.09. The zero-order chi connectivity index (χ0) is 13.6. The van der Waals surface area contributed by atoms with Crippen LogP contribution in [-0.4, -0.2) is 5.78 Å². The smallest absolute Gasteiger partial charge is 0.156 e. The highest BCUT2D eigenvalue weighted by Crippen LogP contribution is 2.39. The van der Waals surface area contributed by atoms with Crippen LogP contribution in [0.25, 0.3) is 16.5 Å². The number of ketones is 1. The Morgan fingerprint density at radius 3 is 2.68 bits per heavy atom. The fourth-order valence-electron chi connectivity index (χ4n) is 2.83. The first kappa shape index (κ1) is 12.2. The quantitative estimate of drug-likeness (QED) is 0.749. The lowest BCUT2D eigenvalue weighted by molar-refractivity contribution is -0.116. The molecule has 0 saturated heterocycles. The molecule has 1 aliphatic rings. The van der Waals surface area contributed by atoms with Gasteiger partial charge < -0.3 is 4.42 Å². The van der Waals surface area contributed by atoms with Crippen LogP contribution in [0.1, 0.15) is 38.0 Å². The second-order valence-electron chi connectivity index (χ2n) is 6.31. The van der Waals surface area contributed by atoms with Crippen molar-refractivity contribution in [1.82, 2.24) is 0 Å². The first-order valence-electron chi connectivity index (χ1n) is 6.67. The van der Waals surface area contributed by atoms with E-state index in [-0.39, 0.29) is 11.2 Å². The Morgan fingerprint density at radius 2 is 1.95 bits per heavy atom. The standard InChI is InChI=1S/C17H18O2/c1-11-4-5-15-12(6-11)8-16(19-15)13-7-14(18)10-17(2,3)9-13/h4-8H,9-10H2,1-3H3. The van der Waals surface area contributed by atoms with Gasteiger partial charge in [0.1, 0.15) is 11.3 Å². The molecule has 1 aliphatic carbocycles. The van der Waals surface area contributed by atoms with Gasteiger partial charge in [0, 0.05) is 11.8 Å². The summed E-state index contributed by atoms with van der Waals surface area (Å²) in [4.78, 5) is 11.8. The molecule has 0 aliphatic heterocycles. The number of carbonyl (C=O) groups is 1. The van der Waals surface area contributed by atoms with Crippen molar-refractivity contribution in [2.24, 2.45) is 5.41 Å². The second-order valence-corrected chi connectivity index (χ2v) is 6.31. The Labute approximate surface area is 113 Å². The summed E-state index contributed by atoms with van der Waals surface area (Å²) >= 11 is 0. The molecule has 0 fully saturated rings. The molecule has 0 N–H and O–H groups in total. The molecule has 19 heavy (non-hydrogen) atoms. The summed E-state index contributed by atoms with van der Waals surface area (Å²) < 4.78 is 5.88. The van der Waals surface area contributed by atoms with Crippen LogP contribution in [0.3, 0.4) is 0 Å². The molecule has 3 rings (SSSR count). The van der Waals surface area contributed by atoms with Crippen LogP contribution >= 0.6 is 0 Å². The van der Waals surface area contributed by atoms with Crippen molar-refractivity contribution in [3.63, 3.8) is 0 Å². The predicted octanol–water partition coefficient (Wildman–Crippen LogP) is 4.51. The Morgan fingerprint density at radius 1 is 1.16 bits per heavy atom. The highest BCUT2D eigenvalue weighted by molar-refractivity contribution is 5.99. The molecule has 0 atom stereocenters. The maximum absolute atomic E-state index is 11.8. The Hall–Kier alpha value is -1.83. The van der Waals surface area contributed by atoms with Gasteiger partial charge in [-0.05, 0) is 48.6 Å². The van der Waals surface area contributed by atoms with Gasteiger partial charge in [-0.1, -0.05) is 25.5 Å². The average molecular weight is 254 g/mol. The van der Waals surface area contributed by atoms with Crippen LogP contribution in [-0.2, 0) is 4.79 Å². The summed E-state index contributed by atoms with van der Waals surface area (Å²) in [7, 11) is 0. The van der Waals surface area contributed by atoms with Crippen molar-refractivity contribution in [3.8, 4) is 0 Å². The lowest BCUT2D eigenvalue weighted by atomic mass is 9.76. The number of rotatable bonds is 1. The molecule has 2 aromatic rings. The number of benzene rings is 1. The Bertz CT molecular complexity index is 686. The van der Waals surface area contributed by atoms with E-state index in [1.54, 1.807) is 6.08 Å². The zero-order valence-electron chi connectivity index (χ0n) is 11.6. The Kier molecular flexibility index (Phi) is 2.63. The minimum absolute atomic E-state index is 0.0239. The summed E-state index contributed by atoms with van der Waals surface area (Å²) in [6.45, 7) is 6.33. The minimum atomic E-state index is 0.0239. The van der Waals surface area contributed by atoms with Crippen molar-refractivity contribution in [1.29, 1.82) is 0 Å². The van der Waals surface area contributed by atoms with Gasteiger partial charge in [0.05, 0.1) is 0 Å². The summed E-state index contributed by atoms with van der Waals surface area (Å²) in [5.41, 5.74) is 3.15. The number of hydrogen-bond acceptors (Lipinski definition) is 2. The zero-order valence-corrected chi connectivity index (χ0v) is 11.6. The third-order valence-electron chi connectivity index (χ3n) is 3.65. The van der Waals surface area contributed by atoms with Gasteiger partial charge in [0.25, 0.3) is 0 Å². The monoisotopic (exact) mass is 254 g/mol. The molecular weight excluding hydrogens is 236 g/mol. The molecule has 98 valence electrons. The number of hydrogen-bond donors (Lipinski definition) is 0. The normalized spacial score (nSPS) is 18.7. The SMILES string of the molecule is Cc1ccc2oc(C3=CC(=O)CC(C)(C)C3)cc2c1. The van der Waals surface area contributed by atoms with Gasteiger partial charge >= 0.3 is 0 Å². The molecule has 1 heterocycles. The third kappa shape index (κ3) is 2.35. The number of fused-ring (bicyclic) bond motifs is 1. The van der Waals surface area contributed by atoms with Gasteiger partial charge in [-0.25, -0.2) is 0 Å². The van der Waals surface area contributed by atoms with E-state index in [1.807, 2.05) is 18.2 Å². The fraction of sp³-hybridized carbons (Fsp3) is 0.353. The van der Waals surface area contributed by atoms with Gasteiger partial charge in [-0.15, -0.1) is 0 Å². The first-order valence-corrected chi connectivity index (χ1v) is 6.67. The van der Waals surface area contributed by atoms with Crippen LogP contribution < -0.4 is 0 Å². The van der Waals surface area contributed by atoms with Crippen molar-refractivity contribution in [3.05, 3.63) is 41.7 Å². The summed E-state index contributed by atoms with van der Waals surface area (Å²) in [5, 5.41) is 1.10. The van der Waals surface area contributed by atoms with Crippen molar-refractivity contribution >= 4 is 22.3 Å². The number of aryl methyl sites for hydroxylation is 1. The fourth-order valence-corrected chi connectivity index (χ4v) is 2.83. The van der Waals surface area contributed by atoms with Gasteiger partial charge in [0.15, 0.2) is 5.78 Å². The molecule has 0 saturated carbocycles. The molecule has 0 bridgehead atoms. The number of allylic oxidation sites excluding steroid dienone is 2. The van der Waals surface area contributed by atoms with E-state index >= 15 is 0 Å². The van der Waals surface area contributed by atoms with E-state index in [0.717, 1.165) is 28.7 Å². The summed E-state index contributed by atoms with van der Waals surface area (Å²) in [6.07, 6.45) is 3.25. The molecule has 0 spiro atoms. The van der Waals surface area contributed by atoms with Crippen molar-refractivity contribution in [2.45, 2.75) is 33.6 Å². The highest BCUT2D eigenvalue weighted by Gasteiger charge is 2.29. The average Bonchev–Trinajstić information content (AvgIpc) is 2.69. The summed E-state index contributed by atoms with van der Waals surface area (Å²) in [6, 6.07) is 8.19. The van der Waals surface area contributed by atoms with Crippen LogP contribution in [0.15, 0.2) is 34.8 Å². The topological polar surface area (TPSA) is 30.2 Å². The van der Waals surface area contributed by atoms with E-state index in [2.05, 4.69) is 26.8 Å². The minimum Gasteiger partial charge on any atom is -0.456 e. The van der Waals surface area contributed by atoms with E-state index < -0.39 is 0 Å². The van der Waals surface area contributed by atoms with Crippen molar-refractivity contribution < 1.29 is 9.21 Å². The lowest BCUT2D eigenvalue weighted by Crippen LogP contribution is -2.21. The maximum Gasteiger partial charge on any atom is 0.156 e. The van der Waals surface area contributed by atoms with E-state index in [1.165, 1.54) is 5.56 Å². The molecule has 0 unspecified atom stereocenters. The van der Waals surface area contributed by atoms with E-state index in [0.29, 0.717) is 6.42 Å². The molecule has 2 heteroatoms. The summed E-state index contributed by atoms with van der Waals surface area (Å²) in [5.74, 6) is 1.03. The number of furan rings is 1. The molecule has 1 aromatic heterocycles. The first-order chi connectivity index (χ1) is 8.93. The Balaban J connectivity index is 2.07. The van der Waals surface area contributed by atoms with Crippen LogP contribution in [0.5, 0.6) is 0 Å². The number of carbonyl (C=O) groups excluding carboxylic acids is 1. The van der Waals surface area contributed by atoms with Gasteiger partial charge in [-0.2, -0.15) is 0 Å². The molecular formula is C17H18O2. The van der Waals surface area contributed by atoms with Crippen molar-refractivity contribution in [2.75, 3.05) is 0 Å². The molecule has 0 amide bonds.